The first-order chi connectivity index (χ1) is 7.16. The maximum atomic E-state index is 11.4. The van der Waals surface area contributed by atoms with Gasteiger partial charge in [0.1, 0.15) is 0 Å². The van der Waals surface area contributed by atoms with Crippen molar-refractivity contribution >= 4 is 23.3 Å². The fourth-order valence-corrected chi connectivity index (χ4v) is 2.41. The summed E-state index contributed by atoms with van der Waals surface area (Å²) in [6, 6.07) is 1.76. The molecule has 80 valence electrons. The second-order valence-electron chi connectivity index (χ2n) is 3.55. The number of urea groups is 1. The van der Waals surface area contributed by atoms with Gasteiger partial charge < -0.3 is 4.90 Å². The highest BCUT2D eigenvalue weighted by atomic mass is 32.1. The normalized spacial score (nSPS) is 16.7. The van der Waals surface area contributed by atoms with E-state index in [4.69, 9.17) is 0 Å². The largest absolute Gasteiger partial charge is 0.324 e. The molecule has 0 aliphatic carbocycles. The molecule has 1 N–H and O–H groups in total. The molecule has 0 spiro atoms. The lowest BCUT2D eigenvalue weighted by atomic mass is 10.2. The molecule has 0 bridgehead atoms. The molecule has 0 saturated carbocycles. The molecule has 1 aliphatic heterocycles. The SMILES string of the molecule is Cc1ccsc1CN1CCC(=O)NC1=O. The van der Waals surface area contributed by atoms with Crippen LogP contribution in [-0.4, -0.2) is 23.4 Å². The van der Waals surface area contributed by atoms with Crippen molar-refractivity contribution in [3.63, 3.8) is 0 Å². The summed E-state index contributed by atoms with van der Waals surface area (Å²) in [6.07, 6.45) is 0.399. The van der Waals surface area contributed by atoms with E-state index in [2.05, 4.69) is 5.32 Å². The molecule has 0 atom stereocenters. The molecule has 4 nitrogen and oxygen atoms in total. The first kappa shape index (κ1) is 10.2. The second-order valence-corrected chi connectivity index (χ2v) is 4.55. The smallest absolute Gasteiger partial charge is 0.319 e. The van der Waals surface area contributed by atoms with Crippen LogP contribution in [-0.2, 0) is 11.3 Å². The number of amides is 3. The maximum Gasteiger partial charge on any atom is 0.324 e. The van der Waals surface area contributed by atoms with Gasteiger partial charge in [-0.1, -0.05) is 0 Å². The van der Waals surface area contributed by atoms with Crippen LogP contribution in [0.3, 0.4) is 0 Å². The molecular formula is C10H12N2O2S. The van der Waals surface area contributed by atoms with Crippen molar-refractivity contribution in [1.82, 2.24) is 10.2 Å². The minimum absolute atomic E-state index is 0.181. The molecular weight excluding hydrogens is 212 g/mol. The van der Waals surface area contributed by atoms with Gasteiger partial charge >= 0.3 is 6.03 Å². The lowest BCUT2D eigenvalue weighted by molar-refractivity contribution is -0.121. The third-order valence-electron chi connectivity index (χ3n) is 2.44. The zero-order valence-electron chi connectivity index (χ0n) is 8.45. The van der Waals surface area contributed by atoms with E-state index >= 15 is 0 Å². The van der Waals surface area contributed by atoms with E-state index in [-0.39, 0.29) is 11.9 Å². The summed E-state index contributed by atoms with van der Waals surface area (Å²) in [7, 11) is 0. The van der Waals surface area contributed by atoms with Gasteiger partial charge in [0.05, 0.1) is 6.54 Å². The number of aryl methyl sites for hydroxylation is 1. The fourth-order valence-electron chi connectivity index (χ4n) is 1.49. The highest BCUT2D eigenvalue weighted by Crippen LogP contribution is 2.18. The van der Waals surface area contributed by atoms with Gasteiger partial charge in [0.15, 0.2) is 0 Å². The molecule has 15 heavy (non-hydrogen) atoms. The van der Waals surface area contributed by atoms with E-state index in [1.54, 1.807) is 16.2 Å². The highest BCUT2D eigenvalue weighted by molar-refractivity contribution is 7.10. The second kappa shape index (κ2) is 4.02. The molecule has 1 fully saturated rings. The topological polar surface area (TPSA) is 49.4 Å². The van der Waals surface area contributed by atoms with Crippen LogP contribution in [0.15, 0.2) is 11.4 Å². The van der Waals surface area contributed by atoms with Crippen molar-refractivity contribution in [3.05, 3.63) is 21.9 Å². The first-order valence-electron chi connectivity index (χ1n) is 4.78. The molecule has 0 radical (unpaired) electrons. The van der Waals surface area contributed by atoms with Crippen LogP contribution in [0.25, 0.3) is 0 Å². The molecule has 1 aromatic heterocycles. The van der Waals surface area contributed by atoms with Gasteiger partial charge in [-0.2, -0.15) is 0 Å². The summed E-state index contributed by atoms with van der Waals surface area (Å²) >= 11 is 1.64. The fraction of sp³-hybridized carbons (Fsp3) is 0.400. The number of imide groups is 1. The Morgan fingerprint density at radius 1 is 1.53 bits per heavy atom. The quantitative estimate of drug-likeness (QED) is 0.827. The van der Waals surface area contributed by atoms with Crippen molar-refractivity contribution in [3.8, 4) is 0 Å². The van der Waals surface area contributed by atoms with E-state index in [9.17, 15) is 9.59 Å². The van der Waals surface area contributed by atoms with Crippen LogP contribution in [0.5, 0.6) is 0 Å². The minimum Gasteiger partial charge on any atom is -0.319 e. The molecule has 3 amide bonds. The number of nitrogens with zero attached hydrogens (tertiary/aromatic N) is 1. The Morgan fingerprint density at radius 3 is 2.93 bits per heavy atom. The Kier molecular flexibility index (Phi) is 2.73. The van der Waals surface area contributed by atoms with Crippen LogP contribution in [0.2, 0.25) is 0 Å². The van der Waals surface area contributed by atoms with Crippen molar-refractivity contribution in [2.75, 3.05) is 6.54 Å². The Labute approximate surface area is 91.9 Å². The Hall–Kier alpha value is -1.36. The average molecular weight is 224 g/mol. The van der Waals surface area contributed by atoms with Crippen molar-refractivity contribution in [2.24, 2.45) is 0 Å². The predicted octanol–water partition coefficient (Wildman–Crippen LogP) is 1.50. The standard InChI is InChI=1S/C10H12N2O2S/c1-7-3-5-15-8(7)6-12-4-2-9(13)11-10(12)14/h3,5H,2,4,6H2,1H3,(H,11,13,14). The number of nitrogens with one attached hydrogen (secondary N) is 1. The van der Waals surface area contributed by atoms with Crippen LogP contribution < -0.4 is 5.32 Å². The van der Waals surface area contributed by atoms with Crippen molar-refractivity contribution in [2.45, 2.75) is 19.9 Å². The minimum atomic E-state index is -0.279. The monoisotopic (exact) mass is 224 g/mol. The molecule has 0 aromatic carbocycles. The van der Waals surface area contributed by atoms with Crippen LogP contribution in [0.1, 0.15) is 16.9 Å². The lowest BCUT2D eigenvalue weighted by Gasteiger charge is -2.26. The van der Waals surface area contributed by atoms with E-state index in [1.165, 1.54) is 10.4 Å². The molecule has 1 saturated heterocycles. The zero-order chi connectivity index (χ0) is 10.8. The van der Waals surface area contributed by atoms with Crippen molar-refractivity contribution < 1.29 is 9.59 Å². The van der Waals surface area contributed by atoms with Gasteiger partial charge in [-0.15, -0.1) is 11.3 Å². The van der Waals surface area contributed by atoms with Gasteiger partial charge in [-0.25, -0.2) is 4.79 Å². The summed E-state index contributed by atoms with van der Waals surface area (Å²) < 4.78 is 0. The highest BCUT2D eigenvalue weighted by Gasteiger charge is 2.23. The summed E-state index contributed by atoms with van der Waals surface area (Å²) in [5, 5.41) is 4.33. The number of carbonyl (C=O) groups excluding carboxylic acids is 2. The summed E-state index contributed by atoms with van der Waals surface area (Å²) in [6.45, 7) is 3.14. The van der Waals surface area contributed by atoms with Crippen LogP contribution >= 0.6 is 11.3 Å². The first-order valence-corrected chi connectivity index (χ1v) is 5.66. The van der Waals surface area contributed by atoms with Gasteiger partial charge in [-0.05, 0) is 23.9 Å². The molecule has 5 heteroatoms. The Balaban J connectivity index is 2.04. The maximum absolute atomic E-state index is 11.4. The van der Waals surface area contributed by atoms with Crippen LogP contribution in [0.4, 0.5) is 4.79 Å². The molecule has 0 unspecified atom stereocenters. The van der Waals surface area contributed by atoms with Gasteiger partial charge in [0, 0.05) is 17.8 Å². The number of thiophene rings is 1. The third kappa shape index (κ3) is 2.18. The van der Waals surface area contributed by atoms with Crippen molar-refractivity contribution in [1.29, 1.82) is 0 Å². The number of carbonyl (C=O) groups is 2. The van der Waals surface area contributed by atoms with E-state index < -0.39 is 0 Å². The van der Waals surface area contributed by atoms with E-state index in [0.717, 1.165) is 0 Å². The molecule has 2 heterocycles. The van der Waals surface area contributed by atoms with Gasteiger partial charge in [0.25, 0.3) is 0 Å². The van der Waals surface area contributed by atoms with E-state index in [0.29, 0.717) is 19.5 Å². The summed E-state index contributed by atoms with van der Waals surface area (Å²) in [5.74, 6) is -0.181. The zero-order valence-corrected chi connectivity index (χ0v) is 9.26. The Morgan fingerprint density at radius 2 is 2.33 bits per heavy atom. The number of hydrogen-bond donors (Lipinski definition) is 1. The number of hydrogen-bond acceptors (Lipinski definition) is 3. The average Bonchev–Trinajstić information content (AvgIpc) is 2.57. The lowest BCUT2D eigenvalue weighted by Crippen LogP contribution is -2.48. The molecule has 1 aromatic rings. The summed E-state index contributed by atoms with van der Waals surface area (Å²) in [5.41, 5.74) is 1.20. The Bertz CT molecular complexity index is 400. The van der Waals surface area contributed by atoms with E-state index in [1.807, 2.05) is 18.4 Å². The van der Waals surface area contributed by atoms with Gasteiger partial charge in [0.2, 0.25) is 5.91 Å². The summed E-state index contributed by atoms with van der Waals surface area (Å²) in [4.78, 5) is 25.2. The number of rotatable bonds is 2. The third-order valence-corrected chi connectivity index (χ3v) is 3.45. The molecule has 2 rings (SSSR count). The van der Waals surface area contributed by atoms with Gasteiger partial charge in [-0.3, -0.25) is 10.1 Å². The predicted molar refractivity (Wildman–Crippen MR) is 57.6 cm³/mol. The molecule has 1 aliphatic rings. The van der Waals surface area contributed by atoms with Crippen LogP contribution in [0, 0.1) is 6.92 Å².